The molecule has 0 bridgehead atoms. The quantitative estimate of drug-likeness (QED) is 0.601. The van der Waals surface area contributed by atoms with Crippen molar-refractivity contribution >= 4 is 5.91 Å². The summed E-state index contributed by atoms with van der Waals surface area (Å²) in [5.74, 6) is 0.120. The normalized spacial score (nSPS) is 10.9. The zero-order chi connectivity index (χ0) is 19.0. The summed E-state index contributed by atoms with van der Waals surface area (Å²) in [5.41, 5.74) is 10.1. The van der Waals surface area contributed by atoms with Crippen molar-refractivity contribution in [2.45, 2.75) is 6.92 Å². The van der Waals surface area contributed by atoms with Gasteiger partial charge in [0, 0.05) is 25.0 Å². The molecule has 4 aromatic rings. The summed E-state index contributed by atoms with van der Waals surface area (Å²) in [6, 6.07) is 11.5. The second-order valence-electron chi connectivity index (χ2n) is 6.21. The summed E-state index contributed by atoms with van der Waals surface area (Å²) in [7, 11) is 1.83. The van der Waals surface area contributed by atoms with Crippen molar-refractivity contribution in [3.8, 4) is 28.5 Å². The molecule has 0 saturated carbocycles. The monoisotopic (exact) mass is 359 g/mol. The van der Waals surface area contributed by atoms with E-state index < -0.39 is 5.91 Å². The predicted octanol–water partition coefficient (Wildman–Crippen LogP) is 2.14. The van der Waals surface area contributed by atoms with E-state index in [1.807, 2.05) is 44.4 Å². The highest BCUT2D eigenvalue weighted by Crippen LogP contribution is 2.29. The van der Waals surface area contributed by atoms with Crippen LogP contribution in [0.25, 0.3) is 28.5 Å². The molecular formula is C19H17N7O. The van der Waals surface area contributed by atoms with Crippen LogP contribution >= 0.6 is 0 Å². The van der Waals surface area contributed by atoms with Gasteiger partial charge in [-0.15, -0.1) is 5.10 Å². The fraction of sp³-hybridized carbons (Fsp3) is 0.105. The van der Waals surface area contributed by atoms with Crippen molar-refractivity contribution in [3.63, 3.8) is 0 Å². The second kappa shape index (κ2) is 6.49. The van der Waals surface area contributed by atoms with Crippen molar-refractivity contribution in [3.05, 3.63) is 66.2 Å². The molecule has 0 unspecified atom stereocenters. The highest BCUT2D eigenvalue weighted by Gasteiger charge is 2.17. The fourth-order valence-corrected chi connectivity index (χ4v) is 2.81. The van der Waals surface area contributed by atoms with E-state index in [-0.39, 0.29) is 0 Å². The van der Waals surface area contributed by atoms with Crippen LogP contribution in [0.2, 0.25) is 0 Å². The lowest BCUT2D eigenvalue weighted by Crippen LogP contribution is -2.11. The molecule has 8 nitrogen and oxygen atoms in total. The molecule has 27 heavy (non-hydrogen) atoms. The number of hydrogen-bond acceptors (Lipinski definition) is 5. The molecular weight excluding hydrogens is 342 g/mol. The van der Waals surface area contributed by atoms with E-state index in [4.69, 9.17) is 5.73 Å². The number of benzene rings is 1. The van der Waals surface area contributed by atoms with Crippen LogP contribution in [0.1, 0.15) is 15.9 Å². The number of primary amides is 1. The summed E-state index contributed by atoms with van der Waals surface area (Å²) in [6.07, 6.45) is 4.96. The van der Waals surface area contributed by atoms with Crippen LogP contribution in [-0.2, 0) is 7.05 Å². The number of pyridine rings is 1. The van der Waals surface area contributed by atoms with Crippen LogP contribution < -0.4 is 5.73 Å². The van der Waals surface area contributed by atoms with Gasteiger partial charge in [0.2, 0.25) is 5.91 Å². The SMILES string of the molecule is Cc1ccc(-c2nnn(C)c2-c2cn(-c3ccc(C(N)=O)cn3)cn2)cc1. The molecule has 0 aliphatic heterocycles. The third-order valence-electron chi connectivity index (χ3n) is 4.27. The highest BCUT2D eigenvalue weighted by atomic mass is 16.1. The van der Waals surface area contributed by atoms with Crippen LogP contribution in [0.15, 0.2) is 55.1 Å². The molecule has 0 aliphatic rings. The number of rotatable bonds is 4. The lowest BCUT2D eigenvalue weighted by molar-refractivity contribution is 0.1000. The van der Waals surface area contributed by atoms with E-state index in [1.54, 1.807) is 27.7 Å². The molecule has 3 heterocycles. The van der Waals surface area contributed by atoms with Crippen molar-refractivity contribution in [1.82, 2.24) is 29.5 Å². The molecule has 0 spiro atoms. The third kappa shape index (κ3) is 3.08. The maximum atomic E-state index is 11.2. The predicted molar refractivity (Wildman–Crippen MR) is 100 cm³/mol. The first-order valence-corrected chi connectivity index (χ1v) is 8.30. The number of nitrogens with two attached hydrogens (primary N) is 1. The van der Waals surface area contributed by atoms with Crippen LogP contribution in [0, 0.1) is 6.92 Å². The van der Waals surface area contributed by atoms with Gasteiger partial charge >= 0.3 is 0 Å². The molecule has 3 aromatic heterocycles. The molecule has 8 heteroatoms. The minimum absolute atomic E-state index is 0.358. The van der Waals surface area contributed by atoms with Crippen LogP contribution in [-0.4, -0.2) is 35.4 Å². The molecule has 0 radical (unpaired) electrons. The van der Waals surface area contributed by atoms with Crippen molar-refractivity contribution in [2.24, 2.45) is 12.8 Å². The summed E-state index contributed by atoms with van der Waals surface area (Å²) in [5, 5.41) is 8.46. The van der Waals surface area contributed by atoms with E-state index in [0.717, 1.165) is 22.6 Å². The van der Waals surface area contributed by atoms with Gasteiger partial charge in [-0.2, -0.15) is 0 Å². The molecule has 0 atom stereocenters. The minimum atomic E-state index is -0.510. The summed E-state index contributed by atoms with van der Waals surface area (Å²) >= 11 is 0. The van der Waals surface area contributed by atoms with Gasteiger partial charge in [-0.3, -0.25) is 9.36 Å². The minimum Gasteiger partial charge on any atom is -0.366 e. The number of carbonyl (C=O) groups excluding carboxylic acids is 1. The number of nitrogens with zero attached hydrogens (tertiary/aromatic N) is 6. The number of amides is 1. The Morgan fingerprint density at radius 3 is 2.52 bits per heavy atom. The van der Waals surface area contributed by atoms with Crippen molar-refractivity contribution in [1.29, 1.82) is 0 Å². The summed E-state index contributed by atoms with van der Waals surface area (Å²) in [6.45, 7) is 2.04. The van der Waals surface area contributed by atoms with Crippen LogP contribution in [0.5, 0.6) is 0 Å². The van der Waals surface area contributed by atoms with Gasteiger partial charge in [-0.05, 0) is 19.1 Å². The van der Waals surface area contributed by atoms with E-state index in [9.17, 15) is 4.79 Å². The Morgan fingerprint density at radius 1 is 1.07 bits per heavy atom. The Labute approximate surface area is 155 Å². The lowest BCUT2D eigenvalue weighted by Gasteiger charge is -2.03. The highest BCUT2D eigenvalue weighted by molar-refractivity contribution is 5.92. The molecule has 4 rings (SSSR count). The van der Waals surface area contributed by atoms with Gasteiger partial charge in [-0.25, -0.2) is 14.6 Å². The number of aromatic nitrogens is 6. The molecule has 134 valence electrons. The fourth-order valence-electron chi connectivity index (χ4n) is 2.81. The Balaban J connectivity index is 1.72. The van der Waals surface area contributed by atoms with E-state index in [2.05, 4.69) is 20.3 Å². The Morgan fingerprint density at radius 2 is 1.85 bits per heavy atom. The topological polar surface area (TPSA) is 105 Å². The van der Waals surface area contributed by atoms with Gasteiger partial charge < -0.3 is 5.73 Å². The number of carbonyl (C=O) groups is 1. The average molecular weight is 359 g/mol. The maximum Gasteiger partial charge on any atom is 0.250 e. The zero-order valence-corrected chi connectivity index (χ0v) is 14.9. The second-order valence-corrected chi connectivity index (χ2v) is 6.21. The van der Waals surface area contributed by atoms with Gasteiger partial charge in [-0.1, -0.05) is 35.0 Å². The van der Waals surface area contributed by atoms with Crippen LogP contribution in [0.3, 0.4) is 0 Å². The third-order valence-corrected chi connectivity index (χ3v) is 4.27. The van der Waals surface area contributed by atoms with Gasteiger partial charge in [0.25, 0.3) is 0 Å². The van der Waals surface area contributed by atoms with Crippen LogP contribution in [0.4, 0.5) is 0 Å². The molecule has 0 fully saturated rings. The Kier molecular flexibility index (Phi) is 4.00. The van der Waals surface area contributed by atoms with E-state index >= 15 is 0 Å². The smallest absolute Gasteiger partial charge is 0.250 e. The number of aryl methyl sites for hydroxylation is 2. The summed E-state index contributed by atoms with van der Waals surface area (Å²) < 4.78 is 3.47. The average Bonchev–Trinajstić information content (AvgIpc) is 3.29. The Hall–Kier alpha value is -3.81. The van der Waals surface area contributed by atoms with E-state index in [0.29, 0.717) is 11.4 Å². The first-order chi connectivity index (χ1) is 13.0. The standard InChI is InChI=1S/C19H17N7O/c1-12-3-5-13(6-4-12)17-18(25(2)24-23-17)15-10-26(11-22-15)16-8-7-14(9-21-16)19(20)27/h3-11H,1-2H3,(H2,20,27). The van der Waals surface area contributed by atoms with Crippen molar-refractivity contribution in [2.75, 3.05) is 0 Å². The largest absolute Gasteiger partial charge is 0.366 e. The molecule has 2 N–H and O–H groups in total. The molecule has 1 amide bonds. The summed E-state index contributed by atoms with van der Waals surface area (Å²) in [4.78, 5) is 19.9. The Bertz CT molecular complexity index is 1110. The lowest BCUT2D eigenvalue weighted by atomic mass is 10.1. The van der Waals surface area contributed by atoms with Crippen molar-refractivity contribution < 1.29 is 4.79 Å². The number of hydrogen-bond donors (Lipinski definition) is 1. The van der Waals surface area contributed by atoms with Gasteiger partial charge in [0.1, 0.15) is 29.2 Å². The molecule has 0 saturated heterocycles. The zero-order valence-electron chi connectivity index (χ0n) is 14.9. The number of imidazole rings is 1. The first kappa shape index (κ1) is 16.6. The molecule has 0 aliphatic carbocycles. The first-order valence-electron chi connectivity index (χ1n) is 8.30. The van der Waals surface area contributed by atoms with Gasteiger partial charge in [0.15, 0.2) is 0 Å². The molecule has 1 aromatic carbocycles. The maximum absolute atomic E-state index is 11.2. The van der Waals surface area contributed by atoms with E-state index in [1.165, 1.54) is 11.8 Å². The van der Waals surface area contributed by atoms with Gasteiger partial charge in [0.05, 0.1) is 5.56 Å².